The highest BCUT2D eigenvalue weighted by Crippen LogP contribution is 2.26. The molecule has 0 bridgehead atoms. The Morgan fingerprint density at radius 2 is 2.21 bits per heavy atom. The molecule has 1 rings (SSSR count). The van der Waals surface area contributed by atoms with Crippen molar-refractivity contribution in [1.82, 2.24) is 0 Å². The van der Waals surface area contributed by atoms with Crippen LogP contribution in [0.5, 0.6) is 0 Å². The fourth-order valence-corrected chi connectivity index (χ4v) is 0.935. The lowest BCUT2D eigenvalue weighted by Crippen LogP contribution is -2.29. The van der Waals surface area contributed by atoms with E-state index in [0.717, 1.165) is 6.08 Å². The molecule has 0 amide bonds. The zero-order chi connectivity index (χ0) is 10.8. The molecule has 1 aromatic rings. The van der Waals surface area contributed by atoms with Crippen molar-refractivity contribution >= 4 is 6.08 Å². The highest BCUT2D eigenvalue weighted by molar-refractivity contribution is 5.47. The molecule has 0 saturated heterocycles. The van der Waals surface area contributed by atoms with Gasteiger partial charge in [-0.3, -0.25) is 0 Å². The standard InChI is InChI=1S/C9H9F3O2/c1-6(8(13)9(10,11)12)5-7-3-2-4-14-7/h2-5,8,13H,1H3/b6-5+/t8-/m1/s1. The molecule has 1 heterocycles. The SMILES string of the molecule is C/C(=C\c1ccco1)[C@@H](O)C(F)(F)F. The lowest BCUT2D eigenvalue weighted by atomic mass is 10.1. The summed E-state index contributed by atoms with van der Waals surface area (Å²) in [5.74, 6) is 0.283. The summed E-state index contributed by atoms with van der Waals surface area (Å²) in [5, 5.41) is 8.82. The van der Waals surface area contributed by atoms with Crippen molar-refractivity contribution in [1.29, 1.82) is 0 Å². The summed E-state index contributed by atoms with van der Waals surface area (Å²) in [6, 6.07) is 3.06. The molecule has 1 atom stereocenters. The van der Waals surface area contributed by atoms with Crippen LogP contribution in [0.25, 0.3) is 6.08 Å². The summed E-state index contributed by atoms with van der Waals surface area (Å²) >= 11 is 0. The number of halogens is 3. The quantitative estimate of drug-likeness (QED) is 0.806. The average Bonchev–Trinajstić information content (AvgIpc) is 2.53. The van der Waals surface area contributed by atoms with Crippen molar-refractivity contribution < 1.29 is 22.7 Å². The van der Waals surface area contributed by atoms with E-state index >= 15 is 0 Å². The molecule has 0 aromatic carbocycles. The molecular weight excluding hydrogens is 197 g/mol. The van der Waals surface area contributed by atoms with Crippen LogP contribution in [0.1, 0.15) is 12.7 Å². The van der Waals surface area contributed by atoms with Crippen molar-refractivity contribution in [2.24, 2.45) is 0 Å². The van der Waals surface area contributed by atoms with Crippen LogP contribution in [0.3, 0.4) is 0 Å². The van der Waals surface area contributed by atoms with Crippen molar-refractivity contribution in [2.75, 3.05) is 0 Å². The molecule has 2 nitrogen and oxygen atoms in total. The van der Waals surface area contributed by atoms with Gasteiger partial charge in [-0.1, -0.05) is 0 Å². The Morgan fingerprint density at radius 3 is 2.64 bits per heavy atom. The first-order chi connectivity index (χ1) is 6.41. The second-order valence-electron chi connectivity index (χ2n) is 2.85. The van der Waals surface area contributed by atoms with Gasteiger partial charge in [-0.25, -0.2) is 0 Å². The molecule has 0 radical (unpaired) electrons. The van der Waals surface area contributed by atoms with Gasteiger partial charge in [-0.2, -0.15) is 13.2 Å². The Hall–Kier alpha value is -1.23. The van der Waals surface area contributed by atoms with E-state index in [4.69, 9.17) is 9.52 Å². The molecule has 1 N–H and O–H groups in total. The smallest absolute Gasteiger partial charge is 0.418 e. The van der Waals surface area contributed by atoms with E-state index in [1.807, 2.05) is 0 Å². The Labute approximate surface area is 78.7 Å². The predicted octanol–water partition coefficient (Wildman–Crippen LogP) is 2.61. The third-order valence-corrected chi connectivity index (χ3v) is 1.65. The van der Waals surface area contributed by atoms with Crippen LogP contribution in [0.2, 0.25) is 0 Å². The van der Waals surface area contributed by atoms with E-state index in [1.165, 1.54) is 19.3 Å². The van der Waals surface area contributed by atoms with Crippen molar-refractivity contribution in [3.8, 4) is 0 Å². The molecule has 1 aromatic heterocycles. The summed E-state index contributed by atoms with van der Waals surface area (Å²) in [5.41, 5.74) is -0.201. The zero-order valence-corrected chi connectivity index (χ0v) is 7.38. The minimum Gasteiger partial charge on any atom is -0.465 e. The first kappa shape index (κ1) is 10.8. The number of rotatable bonds is 2. The maximum Gasteiger partial charge on any atom is 0.418 e. The van der Waals surface area contributed by atoms with Gasteiger partial charge < -0.3 is 9.52 Å². The summed E-state index contributed by atoms with van der Waals surface area (Å²) in [6.45, 7) is 1.20. The Bertz CT molecular complexity index is 311. The van der Waals surface area contributed by atoms with Crippen LogP contribution >= 0.6 is 0 Å². The lowest BCUT2D eigenvalue weighted by Gasteiger charge is -2.14. The van der Waals surface area contributed by atoms with E-state index in [1.54, 1.807) is 6.07 Å². The highest BCUT2D eigenvalue weighted by atomic mass is 19.4. The zero-order valence-electron chi connectivity index (χ0n) is 7.38. The largest absolute Gasteiger partial charge is 0.465 e. The predicted molar refractivity (Wildman–Crippen MR) is 44.4 cm³/mol. The van der Waals surface area contributed by atoms with E-state index in [-0.39, 0.29) is 11.3 Å². The molecule has 5 heteroatoms. The van der Waals surface area contributed by atoms with E-state index in [0.29, 0.717) is 0 Å². The van der Waals surface area contributed by atoms with Gasteiger partial charge in [0.1, 0.15) is 5.76 Å². The minimum atomic E-state index is -4.63. The maximum absolute atomic E-state index is 12.0. The third-order valence-electron chi connectivity index (χ3n) is 1.65. The summed E-state index contributed by atoms with van der Waals surface area (Å²) in [7, 11) is 0. The van der Waals surface area contributed by atoms with Gasteiger partial charge in [-0.05, 0) is 30.7 Å². The van der Waals surface area contributed by atoms with Gasteiger partial charge in [0.2, 0.25) is 0 Å². The summed E-state index contributed by atoms with van der Waals surface area (Å²) in [6.07, 6.45) is -4.57. The van der Waals surface area contributed by atoms with Gasteiger partial charge in [0.25, 0.3) is 0 Å². The van der Waals surface area contributed by atoms with Gasteiger partial charge in [0, 0.05) is 0 Å². The number of aliphatic hydroxyl groups is 1. The monoisotopic (exact) mass is 206 g/mol. The molecule has 0 aliphatic rings. The molecule has 0 unspecified atom stereocenters. The highest BCUT2D eigenvalue weighted by Gasteiger charge is 2.39. The number of furan rings is 1. The molecule has 0 fully saturated rings. The topological polar surface area (TPSA) is 33.4 Å². The van der Waals surface area contributed by atoms with E-state index in [2.05, 4.69) is 0 Å². The Morgan fingerprint density at radius 1 is 1.57 bits per heavy atom. The summed E-state index contributed by atoms with van der Waals surface area (Å²) < 4.78 is 40.8. The van der Waals surface area contributed by atoms with Gasteiger partial charge >= 0.3 is 6.18 Å². The average molecular weight is 206 g/mol. The minimum absolute atomic E-state index is 0.201. The second-order valence-corrected chi connectivity index (χ2v) is 2.85. The molecular formula is C9H9F3O2. The Balaban J connectivity index is 2.80. The lowest BCUT2D eigenvalue weighted by molar-refractivity contribution is -0.190. The van der Waals surface area contributed by atoms with Crippen LogP contribution in [0.15, 0.2) is 28.4 Å². The fourth-order valence-electron chi connectivity index (χ4n) is 0.935. The van der Waals surface area contributed by atoms with Gasteiger partial charge in [0.05, 0.1) is 6.26 Å². The Kier molecular flexibility index (Phi) is 3.00. The number of hydrogen-bond donors (Lipinski definition) is 1. The normalized spacial score (nSPS) is 15.6. The van der Waals surface area contributed by atoms with Crippen LogP contribution in [0.4, 0.5) is 13.2 Å². The third kappa shape index (κ3) is 2.63. The number of aliphatic hydroxyl groups excluding tert-OH is 1. The number of alkyl halides is 3. The molecule has 0 spiro atoms. The van der Waals surface area contributed by atoms with Crippen molar-refractivity contribution in [2.45, 2.75) is 19.2 Å². The van der Waals surface area contributed by atoms with Crippen LogP contribution in [0, 0.1) is 0 Å². The van der Waals surface area contributed by atoms with Gasteiger partial charge in [-0.15, -0.1) is 0 Å². The molecule has 0 aliphatic heterocycles. The van der Waals surface area contributed by atoms with Gasteiger partial charge in [0.15, 0.2) is 6.10 Å². The van der Waals surface area contributed by atoms with Crippen molar-refractivity contribution in [3.05, 3.63) is 29.7 Å². The van der Waals surface area contributed by atoms with E-state index in [9.17, 15) is 13.2 Å². The van der Waals surface area contributed by atoms with Crippen LogP contribution in [-0.2, 0) is 0 Å². The van der Waals surface area contributed by atoms with Crippen molar-refractivity contribution in [3.63, 3.8) is 0 Å². The van der Waals surface area contributed by atoms with Crippen LogP contribution < -0.4 is 0 Å². The summed E-state index contributed by atoms with van der Waals surface area (Å²) in [4.78, 5) is 0. The molecule has 78 valence electrons. The molecule has 0 aliphatic carbocycles. The molecule has 0 saturated carbocycles. The second kappa shape index (κ2) is 3.88. The number of hydrogen-bond acceptors (Lipinski definition) is 2. The first-order valence-electron chi connectivity index (χ1n) is 3.88. The fraction of sp³-hybridized carbons (Fsp3) is 0.333. The molecule has 14 heavy (non-hydrogen) atoms. The first-order valence-corrected chi connectivity index (χ1v) is 3.88. The van der Waals surface area contributed by atoms with Crippen LogP contribution in [-0.4, -0.2) is 17.4 Å². The maximum atomic E-state index is 12.0. The van der Waals surface area contributed by atoms with E-state index < -0.39 is 12.3 Å².